The summed E-state index contributed by atoms with van der Waals surface area (Å²) in [6.07, 6.45) is 10.3. The van der Waals surface area contributed by atoms with Gasteiger partial charge in [0, 0.05) is 17.9 Å². The zero-order valence-electron chi connectivity index (χ0n) is 30.7. The third kappa shape index (κ3) is 8.16. The molecule has 15 nitrogen and oxygen atoms in total. The lowest BCUT2D eigenvalue weighted by Crippen LogP contribution is -2.60. The Morgan fingerprint density at radius 3 is 2.29 bits per heavy atom. The van der Waals surface area contributed by atoms with Gasteiger partial charge >= 0.3 is 6.09 Å². The Balaban J connectivity index is 1.29. The summed E-state index contributed by atoms with van der Waals surface area (Å²) in [5.41, 5.74) is -2.32. The fourth-order valence-electron chi connectivity index (χ4n) is 7.64. The van der Waals surface area contributed by atoms with E-state index in [0.29, 0.717) is 30.4 Å². The van der Waals surface area contributed by atoms with E-state index in [0.717, 1.165) is 57.8 Å². The first-order valence-corrected chi connectivity index (χ1v) is 20.2. The highest BCUT2D eigenvalue weighted by Crippen LogP contribution is 2.45. The van der Waals surface area contributed by atoms with Crippen molar-refractivity contribution in [3.8, 4) is 5.88 Å². The monoisotopic (exact) mass is 743 g/mol. The van der Waals surface area contributed by atoms with Gasteiger partial charge in [-0.3, -0.25) is 19.1 Å². The smallest absolute Gasteiger partial charge is 0.408 e. The van der Waals surface area contributed by atoms with Crippen LogP contribution >= 0.6 is 0 Å². The Kier molecular flexibility index (Phi) is 10.8. The molecule has 0 spiro atoms. The summed E-state index contributed by atoms with van der Waals surface area (Å²) in [7, 11) is -2.36. The normalized spacial score (nSPS) is 26.0. The van der Waals surface area contributed by atoms with Gasteiger partial charge in [-0.2, -0.15) is 4.98 Å². The Hall–Kier alpha value is -3.95. The van der Waals surface area contributed by atoms with Gasteiger partial charge in [-0.05, 0) is 63.2 Å². The number of anilines is 1. The molecule has 2 heterocycles. The van der Waals surface area contributed by atoms with E-state index in [2.05, 4.69) is 26.9 Å². The van der Waals surface area contributed by atoms with E-state index >= 15 is 0 Å². The maximum atomic E-state index is 14.6. The standard InChI is InChI=1S/C36H53N7O8S/c1-6-23-19-36(23,33(46)41-52(48,49)25-16-17-25)40-31(44)26-20-42(27-18-28(50-5)38-30(37-27)22-12-8-7-9-13-22)21-43(26)32(45)29(35(2,3)4)39-34(47)51-24-14-10-11-15-24/h6,18,22-26,29H,1,7-17,19-21H2,2-5H3,(H,39,47)(H,40,44)(H,41,46)/t23-,26+,29-,36-/m1/s1. The van der Waals surface area contributed by atoms with Crippen LogP contribution < -0.4 is 25.0 Å². The van der Waals surface area contributed by atoms with Crippen LogP contribution in [0.1, 0.15) is 110 Å². The zero-order chi connectivity index (χ0) is 37.4. The highest BCUT2D eigenvalue weighted by atomic mass is 32.2. The van der Waals surface area contributed by atoms with Crippen LogP contribution in [0.2, 0.25) is 0 Å². The second-order valence-electron chi connectivity index (χ2n) is 16.1. The number of ether oxygens (including phenoxy) is 2. The summed E-state index contributed by atoms with van der Waals surface area (Å²) in [4.78, 5) is 68.3. The summed E-state index contributed by atoms with van der Waals surface area (Å²) < 4.78 is 38.8. The van der Waals surface area contributed by atoms with Crippen LogP contribution in [0.3, 0.4) is 0 Å². The number of sulfonamides is 1. The first-order valence-electron chi connectivity index (χ1n) is 18.6. The predicted octanol–water partition coefficient (Wildman–Crippen LogP) is 3.26. The summed E-state index contributed by atoms with van der Waals surface area (Å²) in [6, 6.07) is -0.544. The molecule has 52 heavy (non-hydrogen) atoms. The average molecular weight is 744 g/mol. The second kappa shape index (κ2) is 14.8. The fourth-order valence-corrected chi connectivity index (χ4v) is 9.01. The molecular formula is C36H53N7O8S. The van der Waals surface area contributed by atoms with E-state index in [1.54, 1.807) is 11.0 Å². The maximum Gasteiger partial charge on any atom is 0.408 e. The molecule has 1 saturated heterocycles. The van der Waals surface area contributed by atoms with Gasteiger partial charge in [0.25, 0.3) is 5.91 Å². The molecule has 0 unspecified atom stereocenters. The number of rotatable bonds is 12. The number of aromatic nitrogens is 2. The van der Waals surface area contributed by atoms with Crippen LogP contribution in [-0.4, -0.2) is 96.4 Å². The lowest BCUT2D eigenvalue weighted by molar-refractivity contribution is -0.142. The van der Waals surface area contributed by atoms with Crippen LogP contribution in [0.4, 0.5) is 10.6 Å². The maximum absolute atomic E-state index is 14.6. The van der Waals surface area contributed by atoms with Crippen LogP contribution in [0.25, 0.3) is 0 Å². The first kappa shape index (κ1) is 37.8. The molecule has 4 aliphatic carbocycles. The van der Waals surface area contributed by atoms with Crippen LogP contribution in [0, 0.1) is 11.3 Å². The minimum Gasteiger partial charge on any atom is -0.481 e. The number of nitrogens with one attached hydrogen (secondary N) is 3. The first-order chi connectivity index (χ1) is 24.6. The van der Waals surface area contributed by atoms with Crippen molar-refractivity contribution < 1.29 is 37.1 Å². The molecule has 3 N–H and O–H groups in total. The summed E-state index contributed by atoms with van der Waals surface area (Å²) in [5.74, 6) is -0.870. The van der Waals surface area contributed by atoms with Gasteiger partial charge in [0.1, 0.15) is 35.4 Å². The Bertz CT molecular complexity index is 1670. The third-order valence-corrected chi connectivity index (χ3v) is 12.9. The molecular weight excluding hydrogens is 691 g/mol. The van der Waals surface area contributed by atoms with Crippen molar-refractivity contribution in [2.75, 3.05) is 25.2 Å². The molecule has 5 aliphatic rings. The number of carbonyl (C=O) groups excluding carboxylic acids is 4. The summed E-state index contributed by atoms with van der Waals surface area (Å²) in [6.45, 7) is 9.18. The average Bonchev–Trinajstić information content (AvgIpc) is 3.99. The van der Waals surface area contributed by atoms with Gasteiger partial charge in [-0.1, -0.05) is 46.1 Å². The van der Waals surface area contributed by atoms with Gasteiger partial charge in [0.05, 0.1) is 25.6 Å². The van der Waals surface area contributed by atoms with Crippen molar-refractivity contribution in [3.05, 3.63) is 24.5 Å². The molecule has 4 amide bonds. The van der Waals surface area contributed by atoms with Gasteiger partial charge in [-0.15, -0.1) is 6.58 Å². The molecule has 1 aliphatic heterocycles. The molecule has 4 saturated carbocycles. The predicted molar refractivity (Wildman–Crippen MR) is 192 cm³/mol. The molecule has 5 fully saturated rings. The fraction of sp³-hybridized carbons (Fsp3) is 0.722. The highest BCUT2D eigenvalue weighted by molar-refractivity contribution is 7.91. The zero-order valence-corrected chi connectivity index (χ0v) is 31.5. The van der Waals surface area contributed by atoms with Crippen molar-refractivity contribution in [2.45, 2.75) is 133 Å². The third-order valence-electron chi connectivity index (χ3n) is 11.1. The second-order valence-corrected chi connectivity index (χ2v) is 18.0. The molecule has 16 heteroatoms. The minimum atomic E-state index is -3.89. The molecule has 6 rings (SSSR count). The number of hydrogen-bond donors (Lipinski definition) is 3. The number of carbonyl (C=O) groups is 4. The highest BCUT2D eigenvalue weighted by Gasteiger charge is 2.62. The lowest BCUT2D eigenvalue weighted by atomic mass is 9.85. The van der Waals surface area contributed by atoms with E-state index < -0.39 is 68.0 Å². The van der Waals surface area contributed by atoms with Crippen molar-refractivity contribution >= 4 is 39.7 Å². The van der Waals surface area contributed by atoms with E-state index in [4.69, 9.17) is 14.5 Å². The van der Waals surface area contributed by atoms with Crippen LogP contribution in [-0.2, 0) is 29.1 Å². The Morgan fingerprint density at radius 1 is 1.02 bits per heavy atom. The lowest BCUT2D eigenvalue weighted by Gasteiger charge is -2.35. The van der Waals surface area contributed by atoms with Crippen molar-refractivity contribution in [2.24, 2.45) is 11.3 Å². The number of methoxy groups -OCH3 is 1. The van der Waals surface area contributed by atoms with Gasteiger partial charge in [0.15, 0.2) is 0 Å². The van der Waals surface area contributed by atoms with Crippen molar-refractivity contribution in [1.29, 1.82) is 0 Å². The quantitative estimate of drug-likeness (QED) is 0.267. The number of nitrogens with zero attached hydrogens (tertiary/aromatic N) is 4. The SMILES string of the molecule is C=C[C@@H]1C[C@]1(NC(=O)[C@@H]1CN(c2cc(OC)nc(C3CCCCC3)n2)CN1C(=O)[C@@H](NC(=O)OC1CCCC1)C(C)(C)C)C(=O)NS(=O)(=O)C1CC1. The number of amides is 4. The molecule has 1 aromatic rings. The summed E-state index contributed by atoms with van der Waals surface area (Å²) in [5, 5.41) is 4.98. The van der Waals surface area contributed by atoms with Crippen LogP contribution in [0.5, 0.6) is 5.88 Å². The number of alkyl carbamates (subject to hydrolysis) is 1. The molecule has 4 atom stereocenters. The van der Waals surface area contributed by atoms with E-state index in [-0.39, 0.29) is 31.7 Å². The Morgan fingerprint density at radius 2 is 1.69 bits per heavy atom. The number of hydrogen-bond acceptors (Lipinski definition) is 11. The van der Waals surface area contributed by atoms with E-state index in [9.17, 15) is 27.6 Å². The van der Waals surface area contributed by atoms with Crippen LogP contribution in [0.15, 0.2) is 18.7 Å². The van der Waals surface area contributed by atoms with E-state index in [1.807, 2.05) is 20.8 Å². The molecule has 286 valence electrons. The van der Waals surface area contributed by atoms with Gasteiger partial charge in [0.2, 0.25) is 27.7 Å². The van der Waals surface area contributed by atoms with Crippen molar-refractivity contribution in [3.63, 3.8) is 0 Å². The molecule has 1 aromatic heterocycles. The summed E-state index contributed by atoms with van der Waals surface area (Å²) >= 11 is 0. The molecule has 0 bridgehead atoms. The molecule has 0 radical (unpaired) electrons. The van der Waals surface area contributed by atoms with E-state index in [1.165, 1.54) is 18.1 Å². The van der Waals surface area contributed by atoms with Crippen molar-refractivity contribution in [1.82, 2.24) is 30.2 Å². The largest absolute Gasteiger partial charge is 0.481 e. The van der Waals surface area contributed by atoms with Gasteiger partial charge < -0.3 is 29.9 Å². The topological polar surface area (TPSA) is 189 Å². The minimum absolute atomic E-state index is 0.00204. The molecule has 0 aromatic carbocycles. The Labute approximate surface area is 306 Å². The van der Waals surface area contributed by atoms with Gasteiger partial charge in [-0.25, -0.2) is 18.2 Å².